The molecule has 3 saturated carbocycles. The van der Waals surface area contributed by atoms with Crippen molar-refractivity contribution < 1.29 is 9.53 Å². The predicted octanol–water partition coefficient (Wildman–Crippen LogP) is 2.54. The largest absolute Gasteiger partial charge is 0.377 e. The molecule has 4 rings (SSSR count). The minimum absolute atomic E-state index is 0.140. The average molecular weight is 391 g/mol. The maximum absolute atomic E-state index is 12.4. The van der Waals surface area contributed by atoms with Crippen LogP contribution in [0.2, 0.25) is 0 Å². The smallest absolute Gasteiger partial charge is 0.225 e. The number of amides is 1. The highest BCUT2D eigenvalue weighted by atomic mass is 16.5. The second-order valence-corrected chi connectivity index (χ2v) is 9.57. The minimum atomic E-state index is 0.140. The van der Waals surface area contributed by atoms with E-state index < -0.39 is 0 Å². The molecule has 0 radical (unpaired) electrons. The van der Waals surface area contributed by atoms with Gasteiger partial charge in [-0.1, -0.05) is 19.3 Å². The molecule has 0 aromatic rings. The highest BCUT2D eigenvalue weighted by Gasteiger charge is 2.65. The Morgan fingerprint density at radius 1 is 1.14 bits per heavy atom. The normalized spacial score (nSPS) is 36.7. The number of aliphatic imine (C=N–C) groups is 1. The number of carbonyl (C=O) groups is 1. The van der Waals surface area contributed by atoms with E-state index in [4.69, 9.17) is 9.73 Å². The molecule has 2 N–H and O–H groups in total. The number of fused-ring (bicyclic) bond motifs is 2. The zero-order chi connectivity index (χ0) is 19.7. The Hall–Kier alpha value is -1.30. The van der Waals surface area contributed by atoms with E-state index in [0.29, 0.717) is 29.5 Å². The van der Waals surface area contributed by atoms with Crippen LogP contribution in [0.1, 0.15) is 64.7 Å². The third-order valence-corrected chi connectivity index (χ3v) is 7.70. The Bertz CT molecular complexity index is 599. The molecular weight excluding hydrogens is 352 g/mol. The van der Waals surface area contributed by atoms with E-state index in [2.05, 4.69) is 17.6 Å². The molecule has 4 fully saturated rings. The second-order valence-electron chi connectivity index (χ2n) is 9.57. The van der Waals surface area contributed by atoms with Crippen molar-refractivity contribution in [1.29, 1.82) is 0 Å². The number of carbonyl (C=O) groups excluding carboxylic acids is 1. The van der Waals surface area contributed by atoms with Crippen molar-refractivity contribution in [2.24, 2.45) is 22.2 Å². The third kappa shape index (κ3) is 3.53. The van der Waals surface area contributed by atoms with Crippen molar-refractivity contribution in [3.63, 3.8) is 0 Å². The Balaban J connectivity index is 1.41. The van der Waals surface area contributed by atoms with Gasteiger partial charge < -0.3 is 20.3 Å². The monoisotopic (exact) mass is 390 g/mol. The molecule has 6 nitrogen and oxygen atoms in total. The SMILES string of the molecule is CCN=C(NC1CCCC(C(=O)N(C)C)C1)NC1C2CCOC2C12CCCC2. The van der Waals surface area contributed by atoms with E-state index >= 15 is 0 Å². The lowest BCUT2D eigenvalue weighted by Crippen LogP contribution is -2.69. The van der Waals surface area contributed by atoms with Gasteiger partial charge in [-0.2, -0.15) is 0 Å². The van der Waals surface area contributed by atoms with Gasteiger partial charge in [-0.3, -0.25) is 9.79 Å². The van der Waals surface area contributed by atoms with Gasteiger partial charge in [0.05, 0.1) is 6.10 Å². The number of guanidine groups is 1. The molecule has 1 aliphatic heterocycles. The average Bonchev–Trinajstić information content (AvgIpc) is 3.34. The van der Waals surface area contributed by atoms with E-state index in [0.717, 1.165) is 44.8 Å². The molecule has 0 bridgehead atoms. The summed E-state index contributed by atoms with van der Waals surface area (Å²) >= 11 is 0. The molecule has 3 aliphatic carbocycles. The number of hydrogen-bond donors (Lipinski definition) is 2. The second kappa shape index (κ2) is 8.21. The van der Waals surface area contributed by atoms with Crippen LogP contribution in [0.15, 0.2) is 4.99 Å². The van der Waals surface area contributed by atoms with Crippen LogP contribution in [-0.4, -0.2) is 62.2 Å². The molecule has 5 unspecified atom stereocenters. The number of hydrogen-bond acceptors (Lipinski definition) is 3. The van der Waals surface area contributed by atoms with Gasteiger partial charge in [0.15, 0.2) is 5.96 Å². The summed E-state index contributed by atoms with van der Waals surface area (Å²) in [6, 6.07) is 0.818. The lowest BCUT2D eigenvalue weighted by atomic mass is 9.54. The predicted molar refractivity (Wildman–Crippen MR) is 111 cm³/mol. The molecular formula is C22H38N4O2. The van der Waals surface area contributed by atoms with Crippen LogP contribution < -0.4 is 10.6 Å². The Morgan fingerprint density at radius 2 is 1.93 bits per heavy atom. The first-order valence-corrected chi connectivity index (χ1v) is 11.5. The highest BCUT2D eigenvalue weighted by molar-refractivity contribution is 5.81. The molecule has 158 valence electrons. The number of rotatable bonds is 4. The van der Waals surface area contributed by atoms with Crippen molar-refractivity contribution in [1.82, 2.24) is 15.5 Å². The lowest BCUT2D eigenvalue weighted by molar-refractivity contribution is -0.134. The van der Waals surface area contributed by atoms with Gasteiger partial charge >= 0.3 is 0 Å². The molecule has 28 heavy (non-hydrogen) atoms. The first-order chi connectivity index (χ1) is 13.5. The number of nitrogens with one attached hydrogen (secondary N) is 2. The van der Waals surface area contributed by atoms with Crippen LogP contribution in [0, 0.1) is 17.3 Å². The Labute approximate surface area is 169 Å². The first kappa shape index (κ1) is 20.0. The van der Waals surface area contributed by atoms with Gasteiger partial charge in [0.25, 0.3) is 0 Å². The molecule has 1 saturated heterocycles. The maximum Gasteiger partial charge on any atom is 0.225 e. The van der Waals surface area contributed by atoms with E-state index in [1.165, 1.54) is 32.1 Å². The lowest BCUT2D eigenvalue weighted by Gasteiger charge is -2.57. The third-order valence-electron chi connectivity index (χ3n) is 7.70. The molecule has 4 aliphatic rings. The summed E-state index contributed by atoms with van der Waals surface area (Å²) < 4.78 is 6.13. The summed E-state index contributed by atoms with van der Waals surface area (Å²) in [6.07, 6.45) is 11.0. The van der Waals surface area contributed by atoms with Crippen molar-refractivity contribution in [3.8, 4) is 0 Å². The first-order valence-electron chi connectivity index (χ1n) is 11.5. The maximum atomic E-state index is 12.4. The van der Waals surface area contributed by atoms with Crippen LogP contribution in [0.4, 0.5) is 0 Å². The van der Waals surface area contributed by atoms with Crippen molar-refractivity contribution in [2.75, 3.05) is 27.2 Å². The minimum Gasteiger partial charge on any atom is -0.377 e. The molecule has 1 heterocycles. The zero-order valence-corrected chi connectivity index (χ0v) is 17.9. The van der Waals surface area contributed by atoms with Gasteiger partial charge in [0.1, 0.15) is 0 Å². The van der Waals surface area contributed by atoms with Crippen LogP contribution >= 0.6 is 0 Å². The number of ether oxygens (including phenoxy) is 1. The van der Waals surface area contributed by atoms with Crippen molar-refractivity contribution >= 4 is 11.9 Å². The van der Waals surface area contributed by atoms with E-state index in [1.54, 1.807) is 4.90 Å². The summed E-state index contributed by atoms with van der Waals surface area (Å²) in [5.74, 6) is 1.99. The van der Waals surface area contributed by atoms with Gasteiger partial charge in [0.2, 0.25) is 5.91 Å². The van der Waals surface area contributed by atoms with Gasteiger partial charge in [-0.05, 0) is 45.4 Å². The van der Waals surface area contributed by atoms with Crippen LogP contribution in [-0.2, 0) is 9.53 Å². The van der Waals surface area contributed by atoms with Gasteiger partial charge in [0, 0.05) is 56.6 Å². The molecule has 6 heteroatoms. The topological polar surface area (TPSA) is 66.0 Å². The van der Waals surface area contributed by atoms with Crippen LogP contribution in [0.25, 0.3) is 0 Å². The fraction of sp³-hybridized carbons (Fsp3) is 0.909. The van der Waals surface area contributed by atoms with E-state index in [1.807, 2.05) is 14.1 Å². The van der Waals surface area contributed by atoms with E-state index in [9.17, 15) is 4.79 Å². The molecule has 0 aromatic heterocycles. The number of nitrogens with zero attached hydrogens (tertiary/aromatic N) is 2. The standard InChI is InChI=1S/C22H38N4O2/c1-4-23-21(24-16-9-7-8-15(14-16)20(27)26(2)3)25-18-17-10-13-28-19(17)22(18)11-5-6-12-22/h15-19H,4-14H2,1-3H3,(H2,23,24,25). The summed E-state index contributed by atoms with van der Waals surface area (Å²) in [5, 5.41) is 7.53. The van der Waals surface area contributed by atoms with Crippen molar-refractivity contribution in [2.45, 2.75) is 82.9 Å². The summed E-state index contributed by atoms with van der Waals surface area (Å²) in [6.45, 7) is 3.78. The Morgan fingerprint density at radius 3 is 2.64 bits per heavy atom. The highest BCUT2D eigenvalue weighted by Crippen LogP contribution is 2.60. The van der Waals surface area contributed by atoms with Crippen molar-refractivity contribution in [3.05, 3.63) is 0 Å². The molecule has 0 aromatic carbocycles. The summed E-state index contributed by atoms with van der Waals surface area (Å²) in [5.41, 5.74) is 0.327. The van der Waals surface area contributed by atoms with Crippen LogP contribution in [0.3, 0.4) is 0 Å². The summed E-state index contributed by atoms with van der Waals surface area (Å²) in [4.78, 5) is 18.9. The quantitative estimate of drug-likeness (QED) is 0.572. The molecule has 1 amide bonds. The zero-order valence-electron chi connectivity index (χ0n) is 17.9. The Kier molecular flexibility index (Phi) is 5.86. The molecule has 5 atom stereocenters. The van der Waals surface area contributed by atoms with Crippen LogP contribution in [0.5, 0.6) is 0 Å². The fourth-order valence-electron chi connectivity index (χ4n) is 6.45. The van der Waals surface area contributed by atoms with Gasteiger partial charge in [-0.15, -0.1) is 0 Å². The van der Waals surface area contributed by atoms with Gasteiger partial charge in [-0.25, -0.2) is 0 Å². The molecule has 1 spiro atoms. The fourth-order valence-corrected chi connectivity index (χ4v) is 6.45. The summed E-state index contributed by atoms with van der Waals surface area (Å²) in [7, 11) is 3.73. The van der Waals surface area contributed by atoms with E-state index in [-0.39, 0.29) is 11.8 Å².